The number of rotatable bonds is 16. The zero-order valence-electron chi connectivity index (χ0n) is 19.9. The Morgan fingerprint density at radius 3 is 1.82 bits per heavy atom. The molecule has 0 aliphatic rings. The van der Waals surface area contributed by atoms with Gasteiger partial charge in [0.2, 0.25) is 24.7 Å². The van der Waals surface area contributed by atoms with Gasteiger partial charge in [0, 0.05) is 12.6 Å². The highest BCUT2D eigenvalue weighted by Crippen LogP contribution is 2.21. The maximum atomic E-state index is 9.19. The third-order valence-electron chi connectivity index (χ3n) is 5.39. The van der Waals surface area contributed by atoms with Gasteiger partial charge in [0.1, 0.15) is 5.82 Å². The Morgan fingerprint density at radius 2 is 1.30 bits per heavy atom. The molecular weight excluding hydrogens is 426 g/mol. The standard InChI is InChI=1S/C22H39N7O4/c1-4-5-6-7-8-9-10-11-12-13-17-23-15(2)14-29(17)16(3)18-24-19(27-21(30)31)26-20(25-18)28-22(32)33/h14,16,21-22,30-33H,4-13H2,1-3H3,(H2,24,25,26,27,28). The van der Waals surface area contributed by atoms with E-state index < -0.39 is 12.8 Å². The Labute approximate surface area is 195 Å². The summed E-state index contributed by atoms with van der Waals surface area (Å²) in [6.07, 6.45) is 10.3. The van der Waals surface area contributed by atoms with Gasteiger partial charge in [0.15, 0.2) is 5.82 Å². The van der Waals surface area contributed by atoms with Crippen molar-refractivity contribution in [2.75, 3.05) is 10.6 Å². The van der Waals surface area contributed by atoms with Gasteiger partial charge in [-0.15, -0.1) is 0 Å². The molecule has 0 radical (unpaired) electrons. The summed E-state index contributed by atoms with van der Waals surface area (Å²) < 4.78 is 1.99. The van der Waals surface area contributed by atoms with Crippen LogP contribution in [0.4, 0.5) is 11.9 Å². The number of aromatic nitrogens is 5. The number of aliphatic hydroxyl groups excluding tert-OH is 2. The summed E-state index contributed by atoms with van der Waals surface area (Å²) in [6.45, 7) is 6.06. The molecule has 0 saturated heterocycles. The number of hydrogen-bond donors (Lipinski definition) is 6. The van der Waals surface area contributed by atoms with Crippen molar-refractivity contribution in [2.24, 2.45) is 0 Å². The first-order valence-electron chi connectivity index (χ1n) is 11.9. The van der Waals surface area contributed by atoms with Crippen molar-refractivity contribution in [3.8, 4) is 0 Å². The molecule has 0 saturated carbocycles. The highest BCUT2D eigenvalue weighted by Gasteiger charge is 2.19. The van der Waals surface area contributed by atoms with E-state index >= 15 is 0 Å². The Morgan fingerprint density at radius 1 is 0.788 bits per heavy atom. The maximum Gasteiger partial charge on any atom is 0.235 e. The second-order valence-electron chi connectivity index (χ2n) is 8.34. The molecular formula is C22H39N7O4. The zero-order chi connectivity index (χ0) is 24.2. The molecule has 2 heterocycles. The third-order valence-corrected chi connectivity index (χ3v) is 5.39. The lowest BCUT2D eigenvalue weighted by molar-refractivity contribution is -0.0156. The summed E-state index contributed by atoms with van der Waals surface area (Å²) in [7, 11) is 0. The monoisotopic (exact) mass is 465 g/mol. The average Bonchev–Trinajstić information content (AvgIpc) is 3.11. The van der Waals surface area contributed by atoms with E-state index in [1.54, 1.807) is 0 Å². The Bertz CT molecular complexity index is 801. The van der Waals surface area contributed by atoms with Gasteiger partial charge in [-0.3, -0.25) is 0 Å². The van der Waals surface area contributed by atoms with Crippen LogP contribution < -0.4 is 10.6 Å². The summed E-state index contributed by atoms with van der Waals surface area (Å²) in [6, 6.07) is -0.337. The van der Waals surface area contributed by atoms with Crippen LogP contribution in [-0.4, -0.2) is 57.8 Å². The largest absolute Gasteiger partial charge is 0.351 e. The van der Waals surface area contributed by atoms with E-state index in [4.69, 9.17) is 0 Å². The highest BCUT2D eigenvalue weighted by molar-refractivity contribution is 5.35. The molecule has 0 aromatic carbocycles. The molecule has 0 spiro atoms. The van der Waals surface area contributed by atoms with E-state index in [1.165, 1.54) is 44.9 Å². The van der Waals surface area contributed by atoms with Crippen LogP contribution in [0.25, 0.3) is 0 Å². The summed E-state index contributed by atoms with van der Waals surface area (Å²) in [5, 5.41) is 41.3. The third kappa shape index (κ3) is 9.58. The number of imidazole rings is 1. The molecule has 186 valence electrons. The van der Waals surface area contributed by atoms with Gasteiger partial charge in [-0.2, -0.15) is 15.0 Å². The van der Waals surface area contributed by atoms with Gasteiger partial charge in [-0.25, -0.2) is 4.98 Å². The minimum Gasteiger partial charge on any atom is -0.351 e. The molecule has 11 heteroatoms. The second-order valence-corrected chi connectivity index (χ2v) is 8.34. The predicted molar refractivity (Wildman–Crippen MR) is 125 cm³/mol. The van der Waals surface area contributed by atoms with Crippen LogP contribution in [0.2, 0.25) is 0 Å². The fraction of sp³-hybridized carbons (Fsp3) is 0.727. The molecule has 0 fully saturated rings. The fourth-order valence-corrected chi connectivity index (χ4v) is 3.74. The number of aryl methyl sites for hydroxylation is 2. The summed E-state index contributed by atoms with van der Waals surface area (Å²) in [4.78, 5) is 17.1. The van der Waals surface area contributed by atoms with Gasteiger partial charge >= 0.3 is 0 Å². The molecule has 2 rings (SSSR count). The smallest absolute Gasteiger partial charge is 0.235 e. The first kappa shape index (κ1) is 26.9. The van der Waals surface area contributed by atoms with E-state index in [0.29, 0.717) is 5.82 Å². The molecule has 11 nitrogen and oxygen atoms in total. The second kappa shape index (κ2) is 14.0. The molecule has 0 aliphatic carbocycles. The van der Waals surface area contributed by atoms with Crippen LogP contribution in [0.5, 0.6) is 0 Å². The lowest BCUT2D eigenvalue weighted by Crippen LogP contribution is -2.24. The molecule has 6 N–H and O–H groups in total. The lowest BCUT2D eigenvalue weighted by atomic mass is 10.1. The number of nitrogens with one attached hydrogen (secondary N) is 2. The fourth-order valence-electron chi connectivity index (χ4n) is 3.74. The maximum absolute atomic E-state index is 9.19. The van der Waals surface area contributed by atoms with Gasteiger partial charge in [-0.1, -0.05) is 58.3 Å². The van der Waals surface area contributed by atoms with E-state index in [0.717, 1.165) is 30.8 Å². The molecule has 2 aromatic heterocycles. The molecule has 0 bridgehead atoms. The number of aliphatic hydroxyl groups is 4. The zero-order valence-corrected chi connectivity index (χ0v) is 19.9. The van der Waals surface area contributed by atoms with Crippen LogP contribution in [-0.2, 0) is 6.42 Å². The molecule has 0 amide bonds. The predicted octanol–water partition coefficient (Wildman–Crippen LogP) is 2.42. The minimum absolute atomic E-state index is 0.109. The minimum atomic E-state index is -1.87. The van der Waals surface area contributed by atoms with Crippen molar-refractivity contribution >= 4 is 11.9 Å². The van der Waals surface area contributed by atoms with Crippen LogP contribution in [0, 0.1) is 6.92 Å². The Balaban J connectivity index is 2.02. The van der Waals surface area contributed by atoms with E-state index in [9.17, 15) is 20.4 Å². The van der Waals surface area contributed by atoms with Crippen LogP contribution >= 0.6 is 0 Å². The number of nitrogens with zero attached hydrogens (tertiary/aromatic N) is 5. The first-order chi connectivity index (χ1) is 15.8. The van der Waals surface area contributed by atoms with Crippen molar-refractivity contribution in [3.05, 3.63) is 23.5 Å². The van der Waals surface area contributed by atoms with Gasteiger partial charge in [0.05, 0.1) is 11.7 Å². The number of anilines is 2. The summed E-state index contributed by atoms with van der Waals surface area (Å²) in [5.41, 5.74) is 0.884. The normalized spacial score (nSPS) is 12.5. The molecule has 1 unspecified atom stereocenters. The quantitative estimate of drug-likeness (QED) is 0.160. The van der Waals surface area contributed by atoms with Crippen molar-refractivity contribution in [3.63, 3.8) is 0 Å². The SMILES string of the molecule is CCCCCCCCCCCc1nc(C)cn1C(C)c1nc(NC(O)O)nc(NC(O)O)n1. The van der Waals surface area contributed by atoms with Crippen molar-refractivity contribution in [1.82, 2.24) is 24.5 Å². The van der Waals surface area contributed by atoms with Gasteiger partial charge in [0.25, 0.3) is 0 Å². The van der Waals surface area contributed by atoms with Crippen LogP contribution in [0.3, 0.4) is 0 Å². The lowest BCUT2D eigenvalue weighted by Gasteiger charge is -2.18. The van der Waals surface area contributed by atoms with Crippen molar-refractivity contribution < 1.29 is 20.4 Å². The van der Waals surface area contributed by atoms with Gasteiger partial charge in [-0.05, 0) is 20.3 Å². The molecule has 0 aliphatic heterocycles. The number of unbranched alkanes of at least 4 members (excludes halogenated alkanes) is 8. The Hall–Kier alpha value is -2.34. The average molecular weight is 466 g/mol. The highest BCUT2D eigenvalue weighted by atomic mass is 16.5. The molecule has 1 atom stereocenters. The first-order valence-corrected chi connectivity index (χ1v) is 11.9. The van der Waals surface area contributed by atoms with E-state index in [-0.39, 0.29) is 17.9 Å². The van der Waals surface area contributed by atoms with Crippen molar-refractivity contribution in [2.45, 2.75) is 104 Å². The van der Waals surface area contributed by atoms with Gasteiger partial charge < -0.3 is 35.6 Å². The molecule has 33 heavy (non-hydrogen) atoms. The topological polar surface area (TPSA) is 161 Å². The van der Waals surface area contributed by atoms with Crippen LogP contribution in [0.15, 0.2) is 6.20 Å². The van der Waals surface area contributed by atoms with Crippen molar-refractivity contribution in [1.29, 1.82) is 0 Å². The van der Waals surface area contributed by atoms with Crippen LogP contribution in [0.1, 0.15) is 95.0 Å². The van der Waals surface area contributed by atoms with E-state index in [2.05, 4.69) is 37.5 Å². The summed E-state index contributed by atoms with van der Waals surface area (Å²) in [5.74, 6) is 1.02. The van der Waals surface area contributed by atoms with E-state index in [1.807, 2.05) is 24.6 Å². The molecule has 2 aromatic rings. The number of hydrogen-bond acceptors (Lipinski definition) is 10. The summed E-state index contributed by atoms with van der Waals surface area (Å²) >= 11 is 0. The Kier molecular flexibility index (Phi) is 11.4.